The molecule has 0 spiro atoms. The number of rotatable bonds is 6. The summed E-state index contributed by atoms with van der Waals surface area (Å²) in [7, 11) is -7.75. The van der Waals surface area contributed by atoms with Gasteiger partial charge in [-0.1, -0.05) is 3.89 Å². The van der Waals surface area contributed by atoms with Crippen molar-refractivity contribution < 1.29 is 29.7 Å². The molecular weight excluding hydrogens is 387 g/mol. The van der Waals surface area contributed by atoms with Crippen LogP contribution in [0.25, 0.3) is 0 Å². The zero-order valence-electron chi connectivity index (χ0n) is 13.7. The summed E-state index contributed by atoms with van der Waals surface area (Å²) in [5.74, 6) is -0.572. The molecule has 2 aromatic rings. The monoisotopic (exact) mass is 402 g/mol. The van der Waals surface area contributed by atoms with Gasteiger partial charge >= 0.3 is 10.5 Å². The predicted molar refractivity (Wildman–Crippen MR) is 93.4 cm³/mol. The molecule has 26 heavy (non-hydrogen) atoms. The molecule has 0 radical (unpaired) electrons. The maximum Gasteiger partial charge on any atom is 0.488 e. The molecule has 0 fully saturated rings. The minimum absolute atomic E-state index is 0.0132. The summed E-state index contributed by atoms with van der Waals surface area (Å²) >= 11 is 0. The van der Waals surface area contributed by atoms with Gasteiger partial charge in [0.2, 0.25) is 5.91 Å². The number of nitrogens with zero attached hydrogens (tertiary/aromatic N) is 1. The molecule has 0 atom stereocenters. The van der Waals surface area contributed by atoms with E-state index < -0.39 is 20.5 Å². The second-order valence-corrected chi connectivity index (χ2v) is 8.07. The summed E-state index contributed by atoms with van der Waals surface area (Å²) < 4.78 is 63.6. The van der Waals surface area contributed by atoms with E-state index in [-0.39, 0.29) is 22.2 Å². The molecule has 11 heteroatoms. The highest BCUT2D eigenvalue weighted by Crippen LogP contribution is 2.25. The number of nitrogens with one attached hydrogen (secondary N) is 1. The molecule has 0 aliphatic heterocycles. The molecule has 0 heterocycles. The van der Waals surface area contributed by atoms with E-state index in [1.165, 1.54) is 50.4 Å². The Kier molecular flexibility index (Phi) is 5.52. The minimum Gasteiger partial charge on any atom is -0.358 e. The molecule has 0 saturated heterocycles. The number of anilines is 2. The lowest BCUT2D eigenvalue weighted by Gasteiger charge is -2.20. The highest BCUT2D eigenvalue weighted by Gasteiger charge is 2.21. The van der Waals surface area contributed by atoms with Crippen molar-refractivity contribution in [1.82, 2.24) is 0 Å². The normalized spacial score (nSPS) is 11.7. The zero-order chi connectivity index (χ0) is 19.5. The molecule has 0 bridgehead atoms. The molecule has 0 aliphatic rings. The highest BCUT2D eigenvalue weighted by molar-refractivity contribution is 7.92. The molecule has 8 nitrogen and oxygen atoms in total. The average Bonchev–Trinajstić information content (AvgIpc) is 2.53. The molecule has 1 N–H and O–H groups in total. The van der Waals surface area contributed by atoms with Gasteiger partial charge in [-0.3, -0.25) is 9.10 Å². The Morgan fingerprint density at radius 1 is 1.00 bits per heavy atom. The maximum atomic E-state index is 12.6. The molecule has 1 amide bonds. The van der Waals surface area contributed by atoms with Crippen molar-refractivity contribution in [2.75, 3.05) is 16.7 Å². The van der Waals surface area contributed by atoms with Gasteiger partial charge < -0.3 is 9.50 Å². The fourth-order valence-electron chi connectivity index (χ4n) is 2.04. The third kappa shape index (κ3) is 4.92. The van der Waals surface area contributed by atoms with Gasteiger partial charge in [-0.25, -0.2) is 8.42 Å². The van der Waals surface area contributed by atoms with Crippen LogP contribution >= 0.6 is 0 Å². The lowest BCUT2D eigenvalue weighted by atomic mass is 10.3. The molecule has 2 aromatic carbocycles. The van der Waals surface area contributed by atoms with Gasteiger partial charge in [0.25, 0.3) is 10.0 Å². The molecule has 140 valence electrons. The third-order valence-corrected chi connectivity index (χ3v) is 5.42. The van der Waals surface area contributed by atoms with E-state index in [1.54, 1.807) is 0 Å². The fourth-order valence-corrected chi connectivity index (χ4v) is 3.57. The molecular formula is C15H15FN2O6S2. The Hall–Kier alpha value is -2.66. The van der Waals surface area contributed by atoms with Crippen LogP contribution in [-0.2, 0) is 25.3 Å². The Bertz CT molecular complexity index is 1000. The van der Waals surface area contributed by atoms with Crippen LogP contribution in [0.3, 0.4) is 0 Å². The van der Waals surface area contributed by atoms with Crippen LogP contribution in [0, 0.1) is 0 Å². The van der Waals surface area contributed by atoms with Crippen molar-refractivity contribution in [2.45, 2.75) is 11.8 Å². The van der Waals surface area contributed by atoms with Crippen molar-refractivity contribution in [1.29, 1.82) is 0 Å². The van der Waals surface area contributed by atoms with Crippen LogP contribution in [-0.4, -0.2) is 29.8 Å². The first-order valence-corrected chi connectivity index (χ1v) is 9.84. The van der Waals surface area contributed by atoms with Crippen LogP contribution in [0.1, 0.15) is 6.92 Å². The SMILES string of the molecule is CC(=O)Nc1ccc(S(=O)(=O)N(C)c2ccc(OS(=O)(=O)F)cc2)cc1. The van der Waals surface area contributed by atoms with E-state index in [1.807, 2.05) is 0 Å². The first-order chi connectivity index (χ1) is 12.0. The number of hydrogen-bond donors (Lipinski definition) is 1. The Morgan fingerprint density at radius 3 is 2.00 bits per heavy atom. The van der Waals surface area contributed by atoms with Crippen molar-refractivity contribution in [3.63, 3.8) is 0 Å². The summed E-state index contributed by atoms with van der Waals surface area (Å²) in [5, 5.41) is 2.53. The number of halogens is 1. The van der Waals surface area contributed by atoms with E-state index in [2.05, 4.69) is 9.50 Å². The second-order valence-electron chi connectivity index (χ2n) is 5.15. The zero-order valence-corrected chi connectivity index (χ0v) is 15.3. The maximum absolute atomic E-state index is 12.6. The standard InChI is InChI=1S/C15H15FN2O6S2/c1-11(19)17-12-3-9-15(10-4-12)25(20,21)18(2)13-5-7-14(8-6-13)24-26(16,22)23/h3-10H,1-2H3,(H,17,19). The highest BCUT2D eigenvalue weighted by atomic mass is 32.3. The van der Waals surface area contributed by atoms with Crippen LogP contribution in [0.2, 0.25) is 0 Å². The van der Waals surface area contributed by atoms with Gasteiger partial charge in [0, 0.05) is 19.7 Å². The average molecular weight is 402 g/mol. The summed E-state index contributed by atoms with van der Waals surface area (Å²) in [6, 6.07) is 10.4. The van der Waals surface area contributed by atoms with Gasteiger partial charge in [0.15, 0.2) is 0 Å². The third-order valence-electron chi connectivity index (χ3n) is 3.23. The van der Waals surface area contributed by atoms with Gasteiger partial charge in [0.1, 0.15) is 5.75 Å². The lowest BCUT2D eigenvalue weighted by Crippen LogP contribution is -2.26. The molecule has 0 aromatic heterocycles. The van der Waals surface area contributed by atoms with Crippen LogP contribution in [0.5, 0.6) is 5.75 Å². The van der Waals surface area contributed by atoms with E-state index >= 15 is 0 Å². The first kappa shape index (κ1) is 19.7. The van der Waals surface area contributed by atoms with E-state index in [0.717, 1.165) is 16.4 Å². The van der Waals surface area contributed by atoms with Gasteiger partial charge in [-0.05, 0) is 48.5 Å². The summed E-state index contributed by atoms with van der Waals surface area (Å²) in [6.07, 6.45) is 0. The number of sulfonamides is 1. The molecule has 0 unspecified atom stereocenters. The largest absolute Gasteiger partial charge is 0.488 e. The predicted octanol–water partition coefficient (Wildman–Crippen LogP) is 2.06. The Morgan fingerprint density at radius 2 is 1.54 bits per heavy atom. The number of hydrogen-bond acceptors (Lipinski definition) is 6. The summed E-state index contributed by atoms with van der Waals surface area (Å²) in [6.45, 7) is 1.33. The first-order valence-electron chi connectivity index (χ1n) is 7.10. The number of amides is 1. The topological polar surface area (TPSA) is 110 Å². The summed E-state index contributed by atoms with van der Waals surface area (Å²) in [5.41, 5.74) is 0.660. The van der Waals surface area contributed by atoms with Crippen molar-refractivity contribution in [3.05, 3.63) is 48.5 Å². The smallest absolute Gasteiger partial charge is 0.358 e. The van der Waals surface area contributed by atoms with Gasteiger partial charge in [-0.15, -0.1) is 0 Å². The van der Waals surface area contributed by atoms with Crippen LogP contribution in [0.4, 0.5) is 15.3 Å². The molecule has 2 rings (SSSR count). The van der Waals surface area contributed by atoms with Crippen molar-refractivity contribution in [2.24, 2.45) is 0 Å². The Labute approximate surface area is 150 Å². The van der Waals surface area contributed by atoms with Gasteiger partial charge in [-0.2, -0.15) is 8.42 Å². The molecule has 0 saturated carbocycles. The van der Waals surface area contributed by atoms with Crippen LogP contribution in [0.15, 0.2) is 53.4 Å². The van der Waals surface area contributed by atoms with Crippen molar-refractivity contribution in [3.8, 4) is 5.75 Å². The number of carbonyl (C=O) groups excluding carboxylic acids is 1. The van der Waals surface area contributed by atoms with E-state index in [9.17, 15) is 25.5 Å². The fraction of sp³-hybridized carbons (Fsp3) is 0.133. The molecule has 0 aliphatic carbocycles. The quantitative estimate of drug-likeness (QED) is 0.741. The van der Waals surface area contributed by atoms with Crippen molar-refractivity contribution >= 4 is 37.8 Å². The van der Waals surface area contributed by atoms with Crippen LogP contribution < -0.4 is 13.8 Å². The number of benzene rings is 2. The van der Waals surface area contributed by atoms with E-state index in [0.29, 0.717) is 5.69 Å². The Balaban J connectivity index is 2.24. The van der Waals surface area contributed by atoms with Gasteiger partial charge in [0.05, 0.1) is 10.6 Å². The summed E-state index contributed by atoms with van der Waals surface area (Å²) in [4.78, 5) is 11.0. The second kappa shape index (κ2) is 7.30. The van der Waals surface area contributed by atoms with E-state index in [4.69, 9.17) is 0 Å². The lowest BCUT2D eigenvalue weighted by molar-refractivity contribution is -0.114. The number of carbonyl (C=O) groups is 1. The minimum atomic E-state index is -5.16.